The Balaban J connectivity index is 1.28. The normalized spacial score (nSPS) is 13.4. The molecule has 0 fully saturated rings. The van der Waals surface area contributed by atoms with Crippen LogP contribution in [0.2, 0.25) is 10.0 Å². The fraction of sp³-hybridized carbons (Fsp3) is 0.280. The number of benzene rings is 5. The summed E-state index contributed by atoms with van der Waals surface area (Å²) < 4.78 is 11.4. The molecule has 16 nitrogen and oxygen atoms in total. The van der Waals surface area contributed by atoms with Crippen LogP contribution in [0.5, 0.6) is 11.5 Å². The van der Waals surface area contributed by atoms with Gasteiger partial charge in [0.05, 0.1) is 39.4 Å². The highest BCUT2D eigenvalue weighted by atomic mass is 35.5. The zero-order valence-corrected chi connectivity index (χ0v) is 43.2. The summed E-state index contributed by atoms with van der Waals surface area (Å²) in [6, 6.07) is 19.7. The number of Topliss-reactive ketones (excluding diaryl/α,β-unsaturated/α-hetero) is 2. The van der Waals surface area contributed by atoms with Crippen molar-refractivity contribution in [2.75, 3.05) is 34.5 Å². The van der Waals surface area contributed by atoms with Gasteiger partial charge in [-0.05, 0) is 121 Å². The van der Waals surface area contributed by atoms with E-state index >= 15 is 0 Å². The van der Waals surface area contributed by atoms with Crippen LogP contribution in [0.3, 0.4) is 0 Å². The van der Waals surface area contributed by atoms with Gasteiger partial charge in [0.2, 0.25) is 12.1 Å². The SMILES string of the molecule is CCOc1cc(NC(=O)c2ccc(Cl)c(N=NC(C(C)=O)C(=O)Nc3ccc(NC(=O)C(N=Nc4cc(C(=O)Nc5ccc(C(C)Cl)c(OCC)c5)ccc4Cl)C(C)=O)c(C(C)Cl)c3)c2)ccc1C(C)Cl. The molecule has 0 spiro atoms. The number of halogens is 5. The van der Waals surface area contributed by atoms with Crippen LogP contribution in [-0.4, -0.2) is 60.5 Å². The molecule has 0 aliphatic heterocycles. The van der Waals surface area contributed by atoms with Crippen molar-refractivity contribution in [2.24, 2.45) is 20.5 Å². The zero-order chi connectivity index (χ0) is 52.1. The molecular formula is C50H49Cl5N8O8. The van der Waals surface area contributed by atoms with E-state index in [0.29, 0.717) is 41.7 Å². The van der Waals surface area contributed by atoms with Crippen molar-refractivity contribution >= 4 is 127 Å². The van der Waals surface area contributed by atoms with Gasteiger partial charge in [-0.1, -0.05) is 35.3 Å². The maximum absolute atomic E-state index is 13.6. The van der Waals surface area contributed by atoms with Crippen molar-refractivity contribution in [1.82, 2.24) is 0 Å². The number of amides is 4. The van der Waals surface area contributed by atoms with Gasteiger partial charge in [0.1, 0.15) is 22.9 Å². The number of carbonyl (C=O) groups excluding carboxylic acids is 6. The lowest BCUT2D eigenvalue weighted by Crippen LogP contribution is -2.32. The summed E-state index contributed by atoms with van der Waals surface area (Å²) in [5.41, 5.74) is 3.41. The maximum Gasteiger partial charge on any atom is 0.258 e. The lowest BCUT2D eigenvalue weighted by atomic mass is 10.1. The zero-order valence-electron chi connectivity index (χ0n) is 39.4. The highest BCUT2D eigenvalue weighted by Crippen LogP contribution is 2.36. The minimum absolute atomic E-state index is 0.00913. The van der Waals surface area contributed by atoms with E-state index in [1.54, 1.807) is 43.3 Å². The van der Waals surface area contributed by atoms with Gasteiger partial charge in [0.25, 0.3) is 23.6 Å². The Morgan fingerprint density at radius 2 is 0.901 bits per heavy atom. The van der Waals surface area contributed by atoms with Crippen molar-refractivity contribution < 1.29 is 38.2 Å². The van der Waals surface area contributed by atoms with Gasteiger partial charge in [0, 0.05) is 57.1 Å². The molecule has 0 aliphatic rings. The summed E-state index contributed by atoms with van der Waals surface area (Å²) in [5.74, 6) is -3.03. The third-order valence-electron chi connectivity index (χ3n) is 10.3. The lowest BCUT2D eigenvalue weighted by molar-refractivity contribution is -0.127. The number of azo groups is 2. The van der Waals surface area contributed by atoms with Crippen molar-refractivity contribution in [1.29, 1.82) is 0 Å². The summed E-state index contributed by atoms with van der Waals surface area (Å²) >= 11 is 31.9. The first-order chi connectivity index (χ1) is 33.7. The monoisotopic (exact) mass is 1060 g/mol. The van der Waals surface area contributed by atoms with Crippen LogP contribution in [-0.2, 0) is 19.2 Å². The Bertz CT molecular complexity index is 2890. The first-order valence-electron chi connectivity index (χ1n) is 22.0. The Morgan fingerprint density at radius 3 is 1.30 bits per heavy atom. The minimum Gasteiger partial charge on any atom is -0.493 e. The van der Waals surface area contributed by atoms with Gasteiger partial charge in [-0.25, -0.2) is 0 Å². The van der Waals surface area contributed by atoms with Crippen LogP contribution in [0.4, 0.5) is 34.1 Å². The molecule has 21 heteroatoms. The molecule has 5 aromatic carbocycles. The molecule has 0 saturated heterocycles. The third kappa shape index (κ3) is 15.0. The van der Waals surface area contributed by atoms with Gasteiger partial charge in [-0.15, -0.1) is 34.8 Å². The Morgan fingerprint density at radius 1 is 0.507 bits per heavy atom. The molecule has 0 aromatic heterocycles. The second-order valence-electron chi connectivity index (χ2n) is 15.7. The standard InChI is InChI=1S/C50H49Cl5N8O8/c1-8-70-43-23-33(12-15-35(43)25(3)51)56-47(66)30-10-17-38(54)41(20-30)60-62-45(28(6)64)49(68)58-32-14-19-40(37(22-32)27(5)53)59-50(69)46(29(7)65)63-61-42-21-31(11-18-39(42)55)48(67)57-34-13-16-36(26(4)52)44(24-34)71-9-2/h10-27,45-46H,8-9H2,1-7H3,(H,56,66)(H,57,67)(H,58,68)(H,59,69). The van der Waals surface area contributed by atoms with Crippen LogP contribution in [0.1, 0.15) is 102 Å². The first-order valence-corrected chi connectivity index (χ1v) is 24.0. The van der Waals surface area contributed by atoms with Crippen LogP contribution in [0.25, 0.3) is 0 Å². The smallest absolute Gasteiger partial charge is 0.258 e. The predicted molar refractivity (Wildman–Crippen MR) is 279 cm³/mol. The number of ketones is 2. The van der Waals surface area contributed by atoms with E-state index in [2.05, 4.69) is 41.7 Å². The number of hydrogen-bond acceptors (Lipinski definition) is 12. The number of carbonyl (C=O) groups is 6. The lowest BCUT2D eigenvalue weighted by Gasteiger charge is -2.17. The van der Waals surface area contributed by atoms with E-state index in [-0.39, 0.29) is 54.7 Å². The van der Waals surface area contributed by atoms with E-state index < -0.39 is 52.7 Å². The topological polar surface area (TPSA) is 218 Å². The van der Waals surface area contributed by atoms with Crippen LogP contribution < -0.4 is 30.7 Å². The highest BCUT2D eigenvalue weighted by Gasteiger charge is 2.27. The second-order valence-corrected chi connectivity index (χ2v) is 18.5. The van der Waals surface area contributed by atoms with Crippen molar-refractivity contribution in [2.45, 2.75) is 76.7 Å². The van der Waals surface area contributed by atoms with Crippen molar-refractivity contribution in [3.63, 3.8) is 0 Å². The summed E-state index contributed by atoms with van der Waals surface area (Å²) in [6.07, 6.45) is 0. The number of alkyl halides is 3. The van der Waals surface area contributed by atoms with E-state index in [4.69, 9.17) is 67.5 Å². The summed E-state index contributed by atoms with van der Waals surface area (Å²) in [4.78, 5) is 79.1. The van der Waals surface area contributed by atoms with Crippen molar-refractivity contribution in [3.05, 3.63) is 129 Å². The highest BCUT2D eigenvalue weighted by molar-refractivity contribution is 6.33. The average molecular weight is 1070 g/mol. The molecule has 0 radical (unpaired) electrons. The fourth-order valence-electron chi connectivity index (χ4n) is 6.68. The van der Waals surface area contributed by atoms with Crippen molar-refractivity contribution in [3.8, 4) is 11.5 Å². The molecule has 5 unspecified atom stereocenters. The first kappa shape index (κ1) is 55.5. The molecule has 5 aromatic rings. The van der Waals surface area contributed by atoms with Crippen LogP contribution in [0, 0.1) is 0 Å². The van der Waals surface area contributed by atoms with Gasteiger partial charge >= 0.3 is 0 Å². The van der Waals surface area contributed by atoms with Crippen LogP contribution >= 0.6 is 58.0 Å². The number of anilines is 4. The average Bonchev–Trinajstić information content (AvgIpc) is 3.30. The Kier molecular flexibility index (Phi) is 20.0. The van der Waals surface area contributed by atoms with Gasteiger partial charge in [0.15, 0.2) is 11.6 Å². The quantitative estimate of drug-likeness (QED) is 0.0314. The number of ether oxygens (including phenoxy) is 2. The second kappa shape index (κ2) is 25.6. The number of nitrogens with one attached hydrogen (secondary N) is 4. The molecule has 0 aliphatic carbocycles. The number of nitrogens with zero attached hydrogens (tertiary/aromatic N) is 4. The number of hydrogen-bond donors (Lipinski definition) is 4. The predicted octanol–water partition coefficient (Wildman–Crippen LogP) is 13.6. The van der Waals surface area contributed by atoms with Gasteiger partial charge in [-0.3, -0.25) is 28.8 Å². The van der Waals surface area contributed by atoms with E-state index in [1.807, 2.05) is 27.7 Å². The molecule has 372 valence electrons. The molecule has 4 amide bonds. The Hall–Kier alpha value is -6.43. The molecule has 0 bridgehead atoms. The molecule has 5 atom stereocenters. The minimum atomic E-state index is -1.65. The summed E-state index contributed by atoms with van der Waals surface area (Å²) in [7, 11) is 0. The van der Waals surface area contributed by atoms with Gasteiger partial charge < -0.3 is 30.7 Å². The largest absolute Gasteiger partial charge is 0.493 e. The van der Waals surface area contributed by atoms with E-state index in [9.17, 15) is 28.8 Å². The van der Waals surface area contributed by atoms with E-state index in [0.717, 1.165) is 25.0 Å². The molecule has 71 heavy (non-hydrogen) atoms. The molecule has 0 heterocycles. The summed E-state index contributed by atoms with van der Waals surface area (Å²) in [5, 5.41) is 25.7. The molecule has 5 rings (SSSR count). The molecular weight excluding hydrogens is 1020 g/mol. The molecule has 0 saturated carbocycles. The Labute approximate surface area is 435 Å². The van der Waals surface area contributed by atoms with Crippen LogP contribution in [0.15, 0.2) is 111 Å². The van der Waals surface area contributed by atoms with E-state index in [1.165, 1.54) is 54.6 Å². The third-order valence-corrected chi connectivity index (χ3v) is 11.6. The fourth-order valence-corrected chi connectivity index (χ4v) is 7.53. The molecule has 4 N–H and O–H groups in total. The number of rotatable bonds is 21. The van der Waals surface area contributed by atoms with Gasteiger partial charge in [-0.2, -0.15) is 20.5 Å². The summed E-state index contributed by atoms with van der Waals surface area (Å²) in [6.45, 7) is 12.0. The maximum atomic E-state index is 13.6.